The number of fused-ring (bicyclic) bond motifs is 1. The zero-order chi connectivity index (χ0) is 26.2. The van der Waals surface area contributed by atoms with Gasteiger partial charge in [0, 0.05) is 30.6 Å². The van der Waals surface area contributed by atoms with Gasteiger partial charge >= 0.3 is 0 Å². The average molecular weight is 513 g/mol. The second-order valence-corrected chi connectivity index (χ2v) is 9.70. The number of benzene rings is 3. The van der Waals surface area contributed by atoms with Gasteiger partial charge in [0.15, 0.2) is 0 Å². The number of imidazole rings is 1. The molecule has 3 aromatic carbocycles. The molecule has 188 valence electrons. The molecule has 0 fully saturated rings. The Bertz CT molecular complexity index is 1640. The van der Waals surface area contributed by atoms with Gasteiger partial charge in [-0.15, -0.1) is 0 Å². The molecule has 2 aromatic heterocycles. The third-order valence-electron chi connectivity index (χ3n) is 6.84. The van der Waals surface area contributed by atoms with Crippen LogP contribution in [-0.4, -0.2) is 20.7 Å². The fourth-order valence-corrected chi connectivity index (χ4v) is 4.96. The van der Waals surface area contributed by atoms with Crippen molar-refractivity contribution in [3.05, 3.63) is 118 Å². The standard InChI is InChI=1S/C30H29ClN4O2/c1-4-14-37-24-7-5-6-20(15-24)25-17-29(36)35(3)27-13-10-22(16-26(25)27)30(32,28-18-33-19-34(28)2)21-8-11-23(31)12-9-21/h5-13,15-19H,4,14,32H2,1-3H3. The van der Waals surface area contributed by atoms with Crippen LogP contribution in [0.4, 0.5) is 0 Å². The highest BCUT2D eigenvalue weighted by molar-refractivity contribution is 6.30. The molecule has 0 aliphatic heterocycles. The maximum Gasteiger partial charge on any atom is 0.251 e. The molecule has 0 amide bonds. The highest BCUT2D eigenvalue weighted by atomic mass is 35.5. The van der Waals surface area contributed by atoms with Crippen molar-refractivity contribution in [1.82, 2.24) is 14.1 Å². The Kier molecular flexibility index (Phi) is 6.63. The SMILES string of the molecule is CCCOc1cccc(-c2cc(=O)n(C)c3ccc(C(N)(c4ccc(Cl)cc4)c4cncn4C)cc23)c1. The molecule has 0 bridgehead atoms. The van der Waals surface area contributed by atoms with E-state index in [-0.39, 0.29) is 5.56 Å². The molecule has 1 atom stereocenters. The number of nitrogens with zero attached hydrogens (tertiary/aromatic N) is 3. The number of rotatable bonds is 7. The summed E-state index contributed by atoms with van der Waals surface area (Å²) in [6.07, 6.45) is 4.44. The number of hydrogen-bond donors (Lipinski definition) is 1. The molecular weight excluding hydrogens is 484 g/mol. The Hall–Kier alpha value is -3.87. The quantitative estimate of drug-likeness (QED) is 0.306. The fourth-order valence-electron chi connectivity index (χ4n) is 4.83. The van der Waals surface area contributed by atoms with Crippen LogP contribution in [0, 0.1) is 0 Å². The minimum absolute atomic E-state index is 0.0847. The van der Waals surface area contributed by atoms with Gasteiger partial charge in [-0.2, -0.15) is 0 Å². The van der Waals surface area contributed by atoms with Crippen LogP contribution in [0.1, 0.15) is 30.2 Å². The lowest BCUT2D eigenvalue weighted by atomic mass is 9.80. The van der Waals surface area contributed by atoms with Gasteiger partial charge in [0.05, 0.1) is 30.3 Å². The predicted octanol–water partition coefficient (Wildman–Crippen LogP) is 5.63. The van der Waals surface area contributed by atoms with Crippen LogP contribution in [-0.2, 0) is 19.6 Å². The number of aromatic nitrogens is 3. The van der Waals surface area contributed by atoms with Gasteiger partial charge in [0.2, 0.25) is 0 Å². The molecule has 0 radical (unpaired) electrons. The minimum atomic E-state index is -1.01. The zero-order valence-electron chi connectivity index (χ0n) is 21.1. The van der Waals surface area contributed by atoms with Crippen LogP contribution >= 0.6 is 11.6 Å². The van der Waals surface area contributed by atoms with Gasteiger partial charge in [0.25, 0.3) is 5.56 Å². The Labute approximate surface area is 220 Å². The van der Waals surface area contributed by atoms with E-state index in [2.05, 4.69) is 18.0 Å². The summed E-state index contributed by atoms with van der Waals surface area (Å²) >= 11 is 6.21. The Morgan fingerprint density at radius 1 is 1.00 bits per heavy atom. The van der Waals surface area contributed by atoms with E-state index in [0.29, 0.717) is 11.6 Å². The number of hydrogen-bond acceptors (Lipinski definition) is 4. The number of pyridine rings is 1. The minimum Gasteiger partial charge on any atom is -0.494 e. The molecule has 6 nitrogen and oxygen atoms in total. The first-order valence-electron chi connectivity index (χ1n) is 12.2. The number of nitrogens with two attached hydrogens (primary N) is 1. The second-order valence-electron chi connectivity index (χ2n) is 9.27. The summed E-state index contributed by atoms with van der Waals surface area (Å²) < 4.78 is 9.45. The van der Waals surface area contributed by atoms with E-state index in [1.54, 1.807) is 30.2 Å². The summed E-state index contributed by atoms with van der Waals surface area (Å²) in [5.41, 5.74) is 11.3. The number of aryl methyl sites for hydroxylation is 2. The molecule has 5 rings (SSSR count). The first-order valence-corrected chi connectivity index (χ1v) is 12.6. The van der Waals surface area contributed by atoms with Crippen LogP contribution in [0.25, 0.3) is 22.0 Å². The lowest BCUT2D eigenvalue weighted by Crippen LogP contribution is -2.41. The molecule has 0 spiro atoms. The van der Waals surface area contributed by atoms with Gasteiger partial charge < -0.3 is 19.6 Å². The van der Waals surface area contributed by atoms with Crippen molar-refractivity contribution in [1.29, 1.82) is 0 Å². The predicted molar refractivity (Wildman–Crippen MR) is 149 cm³/mol. The summed E-state index contributed by atoms with van der Waals surface area (Å²) in [7, 11) is 3.71. The second kappa shape index (κ2) is 9.88. The van der Waals surface area contributed by atoms with Crippen molar-refractivity contribution >= 4 is 22.5 Å². The van der Waals surface area contributed by atoms with Gasteiger partial charge in [-0.1, -0.05) is 48.9 Å². The third kappa shape index (κ3) is 4.43. The molecular formula is C30H29ClN4O2. The first kappa shape index (κ1) is 24.8. The fraction of sp³-hybridized carbons (Fsp3) is 0.200. The Morgan fingerprint density at radius 2 is 1.76 bits per heavy atom. The van der Waals surface area contributed by atoms with Gasteiger partial charge in [-0.3, -0.25) is 4.79 Å². The van der Waals surface area contributed by atoms with Crippen LogP contribution in [0.5, 0.6) is 5.75 Å². The third-order valence-corrected chi connectivity index (χ3v) is 7.09. The van der Waals surface area contributed by atoms with Crippen molar-refractivity contribution in [2.75, 3.05) is 6.61 Å². The highest BCUT2D eigenvalue weighted by Gasteiger charge is 2.35. The maximum atomic E-state index is 12.9. The monoisotopic (exact) mass is 512 g/mol. The van der Waals surface area contributed by atoms with Crippen molar-refractivity contribution in [2.24, 2.45) is 19.8 Å². The summed E-state index contributed by atoms with van der Waals surface area (Å²) in [4.78, 5) is 17.3. The van der Waals surface area contributed by atoms with Crippen LogP contribution in [0.2, 0.25) is 5.02 Å². The summed E-state index contributed by atoms with van der Waals surface area (Å²) in [5.74, 6) is 0.772. The summed E-state index contributed by atoms with van der Waals surface area (Å²) in [6.45, 7) is 2.70. The molecule has 0 aliphatic carbocycles. The smallest absolute Gasteiger partial charge is 0.251 e. The molecule has 7 heteroatoms. The lowest BCUT2D eigenvalue weighted by Gasteiger charge is -2.31. The van der Waals surface area contributed by atoms with Crippen molar-refractivity contribution in [3.8, 4) is 16.9 Å². The van der Waals surface area contributed by atoms with Crippen molar-refractivity contribution < 1.29 is 4.74 Å². The lowest BCUT2D eigenvalue weighted by molar-refractivity contribution is 0.317. The Balaban J connectivity index is 1.77. The van der Waals surface area contributed by atoms with Crippen LogP contribution in [0.3, 0.4) is 0 Å². The molecule has 2 N–H and O–H groups in total. The zero-order valence-corrected chi connectivity index (χ0v) is 21.9. The molecule has 37 heavy (non-hydrogen) atoms. The van der Waals surface area contributed by atoms with Gasteiger partial charge in [-0.25, -0.2) is 4.98 Å². The van der Waals surface area contributed by atoms with Crippen molar-refractivity contribution in [3.63, 3.8) is 0 Å². The van der Waals surface area contributed by atoms with Crippen molar-refractivity contribution in [2.45, 2.75) is 18.9 Å². The number of ether oxygens (including phenoxy) is 1. The normalized spacial score (nSPS) is 13.0. The van der Waals surface area contributed by atoms with E-state index in [1.807, 2.05) is 72.3 Å². The van der Waals surface area contributed by atoms with E-state index in [1.165, 1.54) is 0 Å². The van der Waals surface area contributed by atoms with E-state index < -0.39 is 5.54 Å². The van der Waals surface area contributed by atoms with Crippen LogP contribution in [0.15, 0.2) is 90.1 Å². The first-order chi connectivity index (χ1) is 17.8. The van der Waals surface area contributed by atoms with E-state index in [4.69, 9.17) is 22.1 Å². The summed E-state index contributed by atoms with van der Waals surface area (Å²) in [6, 6.07) is 23.1. The largest absolute Gasteiger partial charge is 0.494 e. The number of halogens is 1. The van der Waals surface area contributed by atoms with Crippen LogP contribution < -0.4 is 16.0 Å². The van der Waals surface area contributed by atoms with E-state index in [0.717, 1.165) is 51.0 Å². The molecule has 0 saturated heterocycles. The molecule has 0 saturated carbocycles. The van der Waals surface area contributed by atoms with E-state index >= 15 is 0 Å². The van der Waals surface area contributed by atoms with Gasteiger partial charge in [-0.05, 0) is 65.1 Å². The molecule has 2 heterocycles. The Morgan fingerprint density at radius 3 is 2.46 bits per heavy atom. The van der Waals surface area contributed by atoms with Gasteiger partial charge in [0.1, 0.15) is 11.3 Å². The molecule has 1 unspecified atom stereocenters. The highest BCUT2D eigenvalue weighted by Crippen LogP contribution is 2.38. The van der Waals surface area contributed by atoms with E-state index in [9.17, 15) is 4.79 Å². The average Bonchev–Trinajstić information content (AvgIpc) is 3.35. The molecule has 5 aromatic rings. The molecule has 0 aliphatic rings. The summed E-state index contributed by atoms with van der Waals surface area (Å²) in [5, 5.41) is 1.55. The topological polar surface area (TPSA) is 75.1 Å². The maximum absolute atomic E-state index is 12.9.